The second-order valence-corrected chi connectivity index (χ2v) is 6.63. The summed E-state index contributed by atoms with van der Waals surface area (Å²) in [6, 6.07) is 9.23. The van der Waals surface area contributed by atoms with Crippen LogP contribution in [0, 0.1) is 5.92 Å². The maximum Gasteiger partial charge on any atom is 0.186 e. The van der Waals surface area contributed by atoms with Gasteiger partial charge in [-0.25, -0.2) is 0 Å². The Morgan fingerprint density at radius 1 is 1.09 bits per heavy atom. The monoisotopic (exact) mass is 312 g/mol. The Labute approximate surface area is 140 Å². The highest BCUT2D eigenvalue weighted by molar-refractivity contribution is 6.10. The first-order chi connectivity index (χ1) is 11.2. The smallest absolute Gasteiger partial charge is 0.186 e. The molecule has 0 aliphatic heterocycles. The Balaban J connectivity index is 2.06. The molecule has 0 unspecified atom stereocenters. The van der Waals surface area contributed by atoms with E-state index in [9.17, 15) is 9.59 Å². The van der Waals surface area contributed by atoms with Crippen molar-refractivity contribution in [1.29, 1.82) is 0 Å². The van der Waals surface area contributed by atoms with Gasteiger partial charge < -0.3 is 0 Å². The van der Waals surface area contributed by atoms with Crippen LogP contribution in [-0.4, -0.2) is 11.6 Å². The molecule has 1 aliphatic carbocycles. The van der Waals surface area contributed by atoms with Crippen LogP contribution in [0.2, 0.25) is 0 Å². The molecule has 2 rings (SSSR count). The molecule has 0 saturated heterocycles. The molecule has 0 atom stereocenters. The molecular weight excluding hydrogens is 284 g/mol. The van der Waals surface area contributed by atoms with Crippen LogP contribution in [0.1, 0.15) is 75.1 Å². The average Bonchev–Trinajstić information content (AvgIpc) is 2.60. The molecule has 0 heterocycles. The Kier molecular flexibility index (Phi) is 7.25. The molecule has 0 bridgehead atoms. The highest BCUT2D eigenvalue weighted by Gasteiger charge is 2.20. The van der Waals surface area contributed by atoms with Gasteiger partial charge in [-0.15, -0.1) is 0 Å². The van der Waals surface area contributed by atoms with E-state index in [1.165, 1.54) is 32.1 Å². The van der Waals surface area contributed by atoms with Gasteiger partial charge in [-0.05, 0) is 30.4 Å². The van der Waals surface area contributed by atoms with Crippen LogP contribution in [0.4, 0.5) is 0 Å². The molecule has 0 N–H and O–H groups in total. The summed E-state index contributed by atoms with van der Waals surface area (Å²) in [6.07, 6.45) is 11.1. The van der Waals surface area contributed by atoms with Crippen molar-refractivity contribution in [3.05, 3.63) is 47.5 Å². The lowest BCUT2D eigenvalue weighted by Gasteiger charge is -2.21. The van der Waals surface area contributed by atoms with Gasteiger partial charge in [0.05, 0.1) is 0 Å². The molecule has 1 saturated carbocycles. The van der Waals surface area contributed by atoms with Crippen molar-refractivity contribution in [2.24, 2.45) is 5.92 Å². The van der Waals surface area contributed by atoms with E-state index in [-0.39, 0.29) is 11.6 Å². The number of carbonyl (C=O) groups excluding carboxylic acids is 2. The second-order valence-electron chi connectivity index (χ2n) is 6.63. The summed E-state index contributed by atoms with van der Waals surface area (Å²) in [6.45, 7) is 2.11. The van der Waals surface area contributed by atoms with Crippen molar-refractivity contribution in [3.8, 4) is 0 Å². The molecule has 0 radical (unpaired) electrons. The number of rotatable bonds is 8. The van der Waals surface area contributed by atoms with Crippen molar-refractivity contribution < 1.29 is 9.59 Å². The van der Waals surface area contributed by atoms with Gasteiger partial charge in [-0.3, -0.25) is 9.59 Å². The third kappa shape index (κ3) is 5.78. The fourth-order valence-corrected chi connectivity index (χ4v) is 3.29. The number of unbranched alkanes of at least 4 members (excludes halogenated alkanes) is 1. The molecule has 1 aliphatic rings. The first-order valence-corrected chi connectivity index (χ1v) is 9.04. The van der Waals surface area contributed by atoms with E-state index >= 15 is 0 Å². The molecular formula is C21H28O2. The Bertz CT molecular complexity index is 536. The summed E-state index contributed by atoms with van der Waals surface area (Å²) >= 11 is 0. The molecule has 23 heavy (non-hydrogen) atoms. The van der Waals surface area contributed by atoms with Crippen molar-refractivity contribution in [2.45, 2.75) is 64.7 Å². The number of hydrogen-bond donors (Lipinski definition) is 0. The van der Waals surface area contributed by atoms with Crippen LogP contribution in [0.25, 0.3) is 0 Å². The Morgan fingerprint density at radius 2 is 1.78 bits per heavy atom. The summed E-state index contributed by atoms with van der Waals surface area (Å²) in [7, 11) is 0. The number of ketones is 2. The van der Waals surface area contributed by atoms with Crippen LogP contribution < -0.4 is 0 Å². The van der Waals surface area contributed by atoms with Crippen LogP contribution >= 0.6 is 0 Å². The molecule has 0 aromatic heterocycles. The first kappa shape index (κ1) is 17.7. The van der Waals surface area contributed by atoms with E-state index in [0.717, 1.165) is 24.8 Å². The summed E-state index contributed by atoms with van der Waals surface area (Å²) < 4.78 is 0. The molecule has 1 aromatic carbocycles. The third-order valence-corrected chi connectivity index (χ3v) is 4.72. The number of benzene rings is 1. The quantitative estimate of drug-likeness (QED) is 0.467. The molecule has 124 valence electrons. The van der Waals surface area contributed by atoms with Crippen LogP contribution in [-0.2, 0) is 4.79 Å². The fourth-order valence-electron chi connectivity index (χ4n) is 3.29. The van der Waals surface area contributed by atoms with Gasteiger partial charge in [0.1, 0.15) is 0 Å². The van der Waals surface area contributed by atoms with E-state index < -0.39 is 0 Å². The van der Waals surface area contributed by atoms with Crippen LogP contribution in [0.3, 0.4) is 0 Å². The summed E-state index contributed by atoms with van der Waals surface area (Å²) in [5.74, 6) is 0.663. The van der Waals surface area contributed by atoms with E-state index in [4.69, 9.17) is 0 Å². The number of carbonyl (C=O) groups is 2. The van der Waals surface area contributed by atoms with Crippen molar-refractivity contribution in [1.82, 2.24) is 0 Å². The van der Waals surface area contributed by atoms with Gasteiger partial charge in [0.25, 0.3) is 0 Å². The third-order valence-electron chi connectivity index (χ3n) is 4.72. The van der Waals surface area contributed by atoms with E-state index in [1.807, 2.05) is 30.3 Å². The van der Waals surface area contributed by atoms with Gasteiger partial charge in [0.15, 0.2) is 11.6 Å². The summed E-state index contributed by atoms with van der Waals surface area (Å²) in [5.41, 5.74) is 1.39. The Morgan fingerprint density at radius 3 is 2.43 bits per heavy atom. The van der Waals surface area contributed by atoms with Crippen LogP contribution in [0.15, 0.2) is 42.0 Å². The minimum absolute atomic E-state index is 0.0475. The summed E-state index contributed by atoms with van der Waals surface area (Å²) in [5, 5.41) is 0. The van der Waals surface area contributed by atoms with E-state index in [2.05, 4.69) is 6.92 Å². The SMILES string of the molecule is CCCC/C(=C\C(=O)c1ccccc1)C(=O)CC1CCCCC1. The van der Waals surface area contributed by atoms with Gasteiger partial charge in [0.2, 0.25) is 0 Å². The zero-order valence-corrected chi connectivity index (χ0v) is 14.2. The van der Waals surface area contributed by atoms with Gasteiger partial charge in [-0.1, -0.05) is 75.8 Å². The van der Waals surface area contributed by atoms with Crippen molar-refractivity contribution >= 4 is 11.6 Å². The van der Waals surface area contributed by atoms with Crippen molar-refractivity contribution in [2.75, 3.05) is 0 Å². The highest BCUT2D eigenvalue weighted by atomic mass is 16.1. The number of allylic oxidation sites excluding steroid dienone is 2. The zero-order valence-electron chi connectivity index (χ0n) is 14.2. The van der Waals surface area contributed by atoms with Gasteiger partial charge in [0, 0.05) is 12.0 Å². The average molecular weight is 312 g/mol. The molecule has 1 aromatic rings. The van der Waals surface area contributed by atoms with Crippen molar-refractivity contribution in [3.63, 3.8) is 0 Å². The largest absolute Gasteiger partial charge is 0.295 e. The van der Waals surface area contributed by atoms with Gasteiger partial charge >= 0.3 is 0 Å². The predicted octanol–water partition coefficient (Wildman–Crippen LogP) is 5.53. The maximum atomic E-state index is 12.7. The normalized spacial score (nSPS) is 16.3. The fraction of sp³-hybridized carbons (Fsp3) is 0.524. The molecule has 0 amide bonds. The summed E-state index contributed by atoms with van der Waals surface area (Å²) in [4.78, 5) is 25.0. The highest BCUT2D eigenvalue weighted by Crippen LogP contribution is 2.28. The molecule has 0 spiro atoms. The molecule has 1 fully saturated rings. The first-order valence-electron chi connectivity index (χ1n) is 9.04. The lowest BCUT2D eigenvalue weighted by atomic mass is 9.84. The van der Waals surface area contributed by atoms with E-state index in [1.54, 1.807) is 6.08 Å². The van der Waals surface area contributed by atoms with E-state index in [0.29, 0.717) is 17.9 Å². The number of hydrogen-bond acceptors (Lipinski definition) is 2. The second kappa shape index (κ2) is 9.44. The molecule has 2 nitrogen and oxygen atoms in total. The standard InChI is InChI=1S/C21H28O2/c1-2-3-12-19(16-21(23)18-13-8-5-9-14-18)20(22)15-17-10-6-4-7-11-17/h5,8-9,13-14,16-17H,2-4,6-7,10-12,15H2,1H3/b19-16+. The van der Waals surface area contributed by atoms with Gasteiger partial charge in [-0.2, -0.15) is 0 Å². The number of Topliss-reactive ketones (excluding diaryl/α,β-unsaturated/α-hetero) is 1. The van der Waals surface area contributed by atoms with Crippen LogP contribution in [0.5, 0.6) is 0 Å². The predicted molar refractivity (Wildman–Crippen MR) is 94.6 cm³/mol. The molecule has 2 heteroatoms. The zero-order chi connectivity index (χ0) is 16.5. The minimum Gasteiger partial charge on any atom is -0.295 e. The minimum atomic E-state index is -0.0475. The topological polar surface area (TPSA) is 34.1 Å². The lowest BCUT2D eigenvalue weighted by molar-refractivity contribution is -0.116. The Hall–Kier alpha value is -1.70. The maximum absolute atomic E-state index is 12.7. The lowest BCUT2D eigenvalue weighted by Crippen LogP contribution is -2.14.